The number of hydrogen-bond acceptors (Lipinski definition) is 2. The van der Waals surface area contributed by atoms with Crippen LogP contribution in [0.3, 0.4) is 0 Å². The second-order valence-electron chi connectivity index (χ2n) is 6.00. The molecule has 108 valence electrons. The molecule has 4 heteroatoms. The number of rotatable bonds is 0. The summed E-state index contributed by atoms with van der Waals surface area (Å²) in [5, 5.41) is 3.19. The molecular formula is C17H17FN2O. The number of ether oxygens (including phenoxy) is 1. The van der Waals surface area contributed by atoms with Crippen LogP contribution in [-0.2, 0) is 0 Å². The predicted octanol–water partition coefficient (Wildman–Crippen LogP) is 4.45. The van der Waals surface area contributed by atoms with E-state index in [4.69, 9.17) is 4.74 Å². The molecule has 0 fully saturated rings. The van der Waals surface area contributed by atoms with Gasteiger partial charge in [-0.3, -0.25) is 0 Å². The number of aliphatic imine (C=N–C) groups is 1. The van der Waals surface area contributed by atoms with Crippen molar-refractivity contribution in [2.24, 2.45) is 4.99 Å². The lowest BCUT2D eigenvalue weighted by atomic mass is 10.0. The van der Waals surface area contributed by atoms with Crippen LogP contribution in [0, 0.1) is 5.82 Å². The number of hydrogen-bond donors (Lipinski definition) is 1. The first-order valence-electron chi connectivity index (χ1n) is 6.86. The van der Waals surface area contributed by atoms with E-state index in [0.29, 0.717) is 11.8 Å². The maximum absolute atomic E-state index is 13.6. The van der Waals surface area contributed by atoms with Crippen molar-refractivity contribution in [3.63, 3.8) is 0 Å². The molecule has 1 aliphatic rings. The van der Waals surface area contributed by atoms with Gasteiger partial charge in [0.25, 0.3) is 6.02 Å². The van der Waals surface area contributed by atoms with Crippen molar-refractivity contribution in [3.8, 4) is 16.9 Å². The zero-order valence-corrected chi connectivity index (χ0v) is 12.3. The van der Waals surface area contributed by atoms with Crippen LogP contribution >= 0.6 is 0 Å². The average molecular weight is 284 g/mol. The SMILES string of the molecule is CC(C)(C)N=C1Nc2ccccc2-c2cc(F)ccc2O1. The minimum Gasteiger partial charge on any atom is -0.425 e. The van der Waals surface area contributed by atoms with Crippen LogP contribution in [0.4, 0.5) is 10.1 Å². The molecule has 3 rings (SSSR count). The number of para-hydroxylation sites is 1. The Morgan fingerprint density at radius 1 is 1.05 bits per heavy atom. The maximum atomic E-state index is 13.6. The van der Waals surface area contributed by atoms with Gasteiger partial charge in [-0.15, -0.1) is 0 Å². The van der Waals surface area contributed by atoms with Crippen molar-refractivity contribution in [1.82, 2.24) is 0 Å². The molecule has 3 nitrogen and oxygen atoms in total. The summed E-state index contributed by atoms with van der Waals surface area (Å²) in [4.78, 5) is 4.54. The lowest BCUT2D eigenvalue weighted by molar-refractivity contribution is 0.509. The van der Waals surface area contributed by atoms with Crippen LogP contribution in [0.5, 0.6) is 5.75 Å². The average Bonchev–Trinajstić information content (AvgIpc) is 2.53. The van der Waals surface area contributed by atoms with Gasteiger partial charge in [-0.1, -0.05) is 18.2 Å². The molecule has 2 aromatic rings. The summed E-state index contributed by atoms with van der Waals surface area (Å²) in [6, 6.07) is 12.6. The van der Waals surface area contributed by atoms with Gasteiger partial charge in [-0.2, -0.15) is 0 Å². The third-order valence-corrected chi connectivity index (χ3v) is 3.04. The summed E-state index contributed by atoms with van der Waals surface area (Å²) in [6.07, 6.45) is 0. The second kappa shape index (κ2) is 4.88. The Morgan fingerprint density at radius 2 is 1.81 bits per heavy atom. The van der Waals surface area contributed by atoms with E-state index >= 15 is 0 Å². The highest BCUT2D eigenvalue weighted by Gasteiger charge is 2.21. The van der Waals surface area contributed by atoms with E-state index in [1.54, 1.807) is 6.07 Å². The Labute approximate surface area is 123 Å². The number of benzene rings is 2. The lowest BCUT2D eigenvalue weighted by Gasteiger charge is -2.16. The van der Waals surface area contributed by atoms with Crippen molar-refractivity contribution < 1.29 is 9.13 Å². The topological polar surface area (TPSA) is 33.6 Å². The fraction of sp³-hybridized carbons (Fsp3) is 0.235. The van der Waals surface area contributed by atoms with E-state index in [1.165, 1.54) is 12.1 Å². The molecule has 1 aliphatic heterocycles. The van der Waals surface area contributed by atoms with E-state index in [2.05, 4.69) is 10.3 Å². The van der Waals surface area contributed by atoms with Crippen LogP contribution < -0.4 is 10.1 Å². The van der Waals surface area contributed by atoms with Gasteiger partial charge in [0.2, 0.25) is 0 Å². The van der Waals surface area contributed by atoms with Gasteiger partial charge in [0.15, 0.2) is 0 Å². The van der Waals surface area contributed by atoms with Gasteiger partial charge in [0.1, 0.15) is 11.6 Å². The standard InChI is InChI=1S/C17H17FN2O/c1-17(2,3)20-16-19-14-7-5-4-6-12(14)13-10-11(18)8-9-15(13)21-16/h4-10H,1-3H3,(H,19,20). The minimum absolute atomic E-state index is 0.276. The van der Waals surface area contributed by atoms with Gasteiger partial charge in [0, 0.05) is 11.1 Å². The molecule has 0 radical (unpaired) electrons. The highest BCUT2D eigenvalue weighted by molar-refractivity contribution is 5.99. The summed E-state index contributed by atoms with van der Waals surface area (Å²) >= 11 is 0. The summed E-state index contributed by atoms with van der Waals surface area (Å²) in [6.45, 7) is 5.98. The number of halogens is 1. The number of amidine groups is 1. The minimum atomic E-state index is -0.289. The Bertz CT molecular complexity index is 717. The maximum Gasteiger partial charge on any atom is 0.295 e. The highest BCUT2D eigenvalue weighted by Crippen LogP contribution is 2.38. The van der Waals surface area contributed by atoms with Crippen molar-refractivity contribution in [2.45, 2.75) is 26.3 Å². The normalized spacial score (nSPS) is 15.5. The lowest BCUT2D eigenvalue weighted by Crippen LogP contribution is -2.24. The number of fused-ring (bicyclic) bond motifs is 3. The van der Waals surface area contributed by atoms with Crippen molar-refractivity contribution >= 4 is 11.7 Å². The first-order chi connectivity index (χ1) is 9.92. The smallest absolute Gasteiger partial charge is 0.295 e. The Hall–Kier alpha value is -2.36. The van der Waals surface area contributed by atoms with Crippen molar-refractivity contribution in [1.29, 1.82) is 0 Å². The summed E-state index contributed by atoms with van der Waals surface area (Å²) in [7, 11) is 0. The Morgan fingerprint density at radius 3 is 2.57 bits per heavy atom. The molecule has 0 bridgehead atoms. The Kier molecular flexibility index (Phi) is 3.16. The quantitative estimate of drug-likeness (QED) is 0.775. The molecule has 0 aliphatic carbocycles. The molecule has 0 spiro atoms. The molecule has 21 heavy (non-hydrogen) atoms. The predicted molar refractivity (Wildman–Crippen MR) is 83.3 cm³/mol. The molecule has 0 aromatic heterocycles. The van der Waals surface area contributed by atoms with Gasteiger partial charge in [-0.05, 0) is 45.0 Å². The first kappa shape index (κ1) is 13.6. The molecule has 0 atom stereocenters. The third-order valence-electron chi connectivity index (χ3n) is 3.04. The largest absolute Gasteiger partial charge is 0.425 e. The molecule has 0 saturated heterocycles. The van der Waals surface area contributed by atoms with Gasteiger partial charge in [-0.25, -0.2) is 9.38 Å². The molecular weight excluding hydrogens is 267 g/mol. The fourth-order valence-electron chi connectivity index (χ4n) is 2.23. The summed E-state index contributed by atoms with van der Waals surface area (Å²) in [5.74, 6) is 0.306. The first-order valence-corrected chi connectivity index (χ1v) is 6.86. The molecule has 0 unspecified atom stereocenters. The van der Waals surface area contributed by atoms with E-state index in [0.717, 1.165) is 16.8 Å². The molecule has 2 aromatic carbocycles. The monoisotopic (exact) mass is 284 g/mol. The van der Waals surface area contributed by atoms with Crippen molar-refractivity contribution in [2.75, 3.05) is 5.32 Å². The molecule has 1 heterocycles. The number of nitrogens with one attached hydrogen (secondary N) is 1. The molecule has 0 saturated carbocycles. The highest BCUT2D eigenvalue weighted by atomic mass is 19.1. The number of nitrogens with zero attached hydrogens (tertiary/aromatic N) is 1. The van der Waals surface area contributed by atoms with Gasteiger partial charge >= 0.3 is 0 Å². The van der Waals surface area contributed by atoms with E-state index in [9.17, 15) is 4.39 Å². The van der Waals surface area contributed by atoms with Crippen LogP contribution in [0.25, 0.3) is 11.1 Å². The zero-order valence-electron chi connectivity index (χ0n) is 12.3. The molecule has 1 N–H and O–H groups in total. The van der Waals surface area contributed by atoms with Crippen molar-refractivity contribution in [3.05, 3.63) is 48.3 Å². The summed E-state index contributed by atoms with van der Waals surface area (Å²) < 4.78 is 19.4. The number of anilines is 1. The van der Waals surface area contributed by atoms with E-state index in [1.807, 2.05) is 45.0 Å². The Balaban J connectivity index is 2.19. The fourth-order valence-corrected chi connectivity index (χ4v) is 2.23. The zero-order chi connectivity index (χ0) is 15.0. The van der Waals surface area contributed by atoms with Crippen LogP contribution in [-0.4, -0.2) is 11.6 Å². The van der Waals surface area contributed by atoms with Crippen LogP contribution in [0.2, 0.25) is 0 Å². The van der Waals surface area contributed by atoms with Gasteiger partial charge in [0.05, 0.1) is 11.2 Å². The van der Waals surface area contributed by atoms with Gasteiger partial charge < -0.3 is 10.1 Å². The van der Waals surface area contributed by atoms with Crippen LogP contribution in [0.15, 0.2) is 47.5 Å². The molecule has 0 amide bonds. The van der Waals surface area contributed by atoms with E-state index in [-0.39, 0.29) is 11.4 Å². The summed E-state index contributed by atoms with van der Waals surface area (Å²) in [5.41, 5.74) is 2.19. The van der Waals surface area contributed by atoms with E-state index < -0.39 is 0 Å². The second-order valence-corrected chi connectivity index (χ2v) is 6.00. The third kappa shape index (κ3) is 2.89. The van der Waals surface area contributed by atoms with Crippen LogP contribution in [0.1, 0.15) is 20.8 Å².